The van der Waals surface area contributed by atoms with Gasteiger partial charge in [-0.3, -0.25) is 4.98 Å². The van der Waals surface area contributed by atoms with Gasteiger partial charge in [-0.2, -0.15) is 9.97 Å². The first kappa shape index (κ1) is 19.4. The number of nitrogens with zero attached hydrogens (tertiary/aromatic N) is 7. The number of pyridine rings is 1. The molecule has 3 aromatic rings. The maximum absolute atomic E-state index is 5.55. The fourth-order valence-corrected chi connectivity index (χ4v) is 3.90. The second-order valence-corrected chi connectivity index (χ2v) is 7.17. The molecule has 0 radical (unpaired) electrons. The summed E-state index contributed by atoms with van der Waals surface area (Å²) in [5.41, 5.74) is 3.52. The molecule has 0 aliphatic carbocycles. The van der Waals surface area contributed by atoms with Gasteiger partial charge in [0, 0.05) is 37.6 Å². The zero-order valence-corrected chi connectivity index (χ0v) is 17.5. The van der Waals surface area contributed by atoms with Gasteiger partial charge in [-0.25, -0.2) is 9.97 Å². The Kier molecular flexibility index (Phi) is 5.21. The molecule has 5 rings (SSSR count). The molecule has 0 saturated carbocycles. The van der Waals surface area contributed by atoms with Crippen molar-refractivity contribution in [2.75, 3.05) is 56.9 Å². The SMILES string of the molecule is COc1ncc(-c2nc(N3CCOCC3)nc3c2CCN3c2cccnc2)c(OC)n1. The molecule has 1 fully saturated rings. The van der Waals surface area contributed by atoms with Gasteiger partial charge in [0.15, 0.2) is 0 Å². The van der Waals surface area contributed by atoms with Gasteiger partial charge in [0.2, 0.25) is 11.8 Å². The molecule has 0 amide bonds. The lowest BCUT2D eigenvalue weighted by Crippen LogP contribution is -2.37. The summed E-state index contributed by atoms with van der Waals surface area (Å²) < 4.78 is 16.2. The molecular formula is C21H23N7O3. The van der Waals surface area contributed by atoms with Gasteiger partial charge < -0.3 is 24.0 Å². The zero-order valence-electron chi connectivity index (χ0n) is 17.5. The van der Waals surface area contributed by atoms with Gasteiger partial charge >= 0.3 is 6.01 Å². The van der Waals surface area contributed by atoms with Gasteiger partial charge in [-0.15, -0.1) is 0 Å². The third-order valence-electron chi connectivity index (χ3n) is 5.43. The first-order chi connectivity index (χ1) is 15.3. The second kappa shape index (κ2) is 8.31. The summed E-state index contributed by atoms with van der Waals surface area (Å²) in [6.07, 6.45) is 6.11. The summed E-state index contributed by atoms with van der Waals surface area (Å²) in [6, 6.07) is 4.21. The second-order valence-electron chi connectivity index (χ2n) is 7.17. The van der Waals surface area contributed by atoms with E-state index < -0.39 is 0 Å². The topological polar surface area (TPSA) is 98.6 Å². The van der Waals surface area contributed by atoms with E-state index in [0.717, 1.165) is 48.8 Å². The lowest BCUT2D eigenvalue weighted by Gasteiger charge is -2.28. The molecule has 2 aliphatic rings. The summed E-state index contributed by atoms with van der Waals surface area (Å²) in [5, 5.41) is 0. The van der Waals surface area contributed by atoms with E-state index in [2.05, 4.69) is 24.8 Å². The monoisotopic (exact) mass is 421 g/mol. The molecule has 160 valence electrons. The number of hydrogen-bond donors (Lipinski definition) is 0. The number of aromatic nitrogens is 5. The Morgan fingerprint density at radius 3 is 2.61 bits per heavy atom. The minimum atomic E-state index is 0.247. The molecule has 3 aromatic heterocycles. The number of fused-ring (bicyclic) bond motifs is 1. The highest BCUT2D eigenvalue weighted by Gasteiger charge is 2.30. The minimum Gasteiger partial charge on any atom is -0.480 e. The Labute approximate surface area is 179 Å². The normalized spacial score (nSPS) is 15.7. The van der Waals surface area contributed by atoms with E-state index >= 15 is 0 Å². The maximum Gasteiger partial charge on any atom is 0.319 e. The first-order valence-electron chi connectivity index (χ1n) is 10.1. The molecule has 0 aromatic carbocycles. The lowest BCUT2D eigenvalue weighted by atomic mass is 10.1. The van der Waals surface area contributed by atoms with E-state index in [9.17, 15) is 0 Å². The first-order valence-corrected chi connectivity index (χ1v) is 10.1. The maximum atomic E-state index is 5.55. The molecule has 10 heteroatoms. The van der Waals surface area contributed by atoms with Crippen molar-refractivity contribution in [2.45, 2.75) is 6.42 Å². The molecule has 0 bridgehead atoms. The zero-order chi connectivity index (χ0) is 21.2. The van der Waals surface area contributed by atoms with Gasteiger partial charge in [0.25, 0.3) is 0 Å². The molecule has 0 atom stereocenters. The van der Waals surface area contributed by atoms with E-state index in [1.54, 1.807) is 19.5 Å². The summed E-state index contributed by atoms with van der Waals surface area (Å²) in [7, 11) is 3.11. The van der Waals surface area contributed by atoms with Crippen molar-refractivity contribution in [3.63, 3.8) is 0 Å². The van der Waals surface area contributed by atoms with Crippen molar-refractivity contribution in [1.82, 2.24) is 24.9 Å². The van der Waals surface area contributed by atoms with Gasteiger partial charge in [0.1, 0.15) is 5.82 Å². The number of ether oxygens (including phenoxy) is 3. The van der Waals surface area contributed by atoms with E-state index in [1.165, 1.54) is 7.11 Å². The number of methoxy groups -OCH3 is 2. The molecule has 0 spiro atoms. The lowest BCUT2D eigenvalue weighted by molar-refractivity contribution is 0.122. The van der Waals surface area contributed by atoms with Crippen molar-refractivity contribution in [3.8, 4) is 23.1 Å². The predicted octanol–water partition coefficient (Wildman–Crippen LogP) is 1.88. The van der Waals surface area contributed by atoms with E-state index in [-0.39, 0.29) is 6.01 Å². The van der Waals surface area contributed by atoms with Crippen molar-refractivity contribution in [1.29, 1.82) is 0 Å². The highest BCUT2D eigenvalue weighted by molar-refractivity contribution is 5.78. The molecule has 31 heavy (non-hydrogen) atoms. The number of rotatable bonds is 5. The van der Waals surface area contributed by atoms with Crippen LogP contribution in [-0.2, 0) is 11.2 Å². The van der Waals surface area contributed by atoms with Gasteiger partial charge in [-0.05, 0) is 18.6 Å². The highest BCUT2D eigenvalue weighted by Crippen LogP contribution is 2.41. The Morgan fingerprint density at radius 1 is 1.00 bits per heavy atom. The van der Waals surface area contributed by atoms with Crippen molar-refractivity contribution < 1.29 is 14.2 Å². The van der Waals surface area contributed by atoms with Crippen LogP contribution in [0.1, 0.15) is 5.56 Å². The predicted molar refractivity (Wildman–Crippen MR) is 114 cm³/mol. The average molecular weight is 421 g/mol. The number of morpholine rings is 1. The molecule has 0 unspecified atom stereocenters. The summed E-state index contributed by atoms with van der Waals surface area (Å²) in [5.74, 6) is 1.95. The van der Waals surface area contributed by atoms with Gasteiger partial charge in [-0.1, -0.05) is 0 Å². The molecule has 2 aliphatic heterocycles. The highest BCUT2D eigenvalue weighted by atomic mass is 16.5. The smallest absolute Gasteiger partial charge is 0.319 e. The molecule has 10 nitrogen and oxygen atoms in total. The summed E-state index contributed by atoms with van der Waals surface area (Å²) in [4.78, 5) is 27.2. The number of hydrogen-bond acceptors (Lipinski definition) is 10. The number of anilines is 3. The van der Waals surface area contributed by atoms with Crippen LogP contribution in [0.2, 0.25) is 0 Å². The molecule has 1 saturated heterocycles. The van der Waals surface area contributed by atoms with Gasteiger partial charge in [0.05, 0.1) is 50.6 Å². The largest absolute Gasteiger partial charge is 0.480 e. The van der Waals surface area contributed by atoms with Crippen LogP contribution in [0.25, 0.3) is 11.3 Å². The summed E-state index contributed by atoms with van der Waals surface area (Å²) in [6.45, 7) is 3.56. The van der Waals surface area contributed by atoms with Crippen molar-refractivity contribution in [3.05, 3.63) is 36.3 Å². The van der Waals surface area contributed by atoms with Crippen LogP contribution >= 0.6 is 0 Å². The van der Waals surface area contributed by atoms with Crippen LogP contribution in [0.3, 0.4) is 0 Å². The Morgan fingerprint density at radius 2 is 1.87 bits per heavy atom. The van der Waals surface area contributed by atoms with Crippen LogP contribution in [0.15, 0.2) is 30.7 Å². The minimum absolute atomic E-state index is 0.247. The third-order valence-corrected chi connectivity index (χ3v) is 5.43. The molecular weight excluding hydrogens is 398 g/mol. The fourth-order valence-electron chi connectivity index (χ4n) is 3.90. The van der Waals surface area contributed by atoms with Crippen LogP contribution in [0, 0.1) is 0 Å². The van der Waals surface area contributed by atoms with E-state index in [0.29, 0.717) is 30.6 Å². The standard InChI is InChI=1S/C21H23N7O3/c1-29-19-16(13-23-21(26-19)30-2)17-15-5-7-28(14-4-3-6-22-12-14)18(15)25-20(24-17)27-8-10-31-11-9-27/h3-4,6,12-13H,5,7-11H2,1-2H3. The van der Waals surface area contributed by atoms with E-state index in [1.807, 2.05) is 18.3 Å². The average Bonchev–Trinajstić information content (AvgIpc) is 3.28. The van der Waals surface area contributed by atoms with E-state index in [4.69, 9.17) is 24.2 Å². The molecule has 0 N–H and O–H groups in total. The summed E-state index contributed by atoms with van der Waals surface area (Å²) >= 11 is 0. The van der Waals surface area contributed by atoms with Crippen molar-refractivity contribution in [2.24, 2.45) is 0 Å². The third kappa shape index (κ3) is 3.59. The van der Waals surface area contributed by atoms with Crippen LogP contribution in [0.4, 0.5) is 17.5 Å². The molecule has 5 heterocycles. The van der Waals surface area contributed by atoms with Crippen LogP contribution in [-0.4, -0.2) is 72.0 Å². The fraction of sp³-hybridized carbons (Fsp3) is 0.381. The van der Waals surface area contributed by atoms with Crippen LogP contribution < -0.4 is 19.3 Å². The Balaban J connectivity index is 1.67. The Hall–Kier alpha value is -3.53. The quantitative estimate of drug-likeness (QED) is 0.607. The van der Waals surface area contributed by atoms with Crippen molar-refractivity contribution >= 4 is 17.5 Å². The van der Waals surface area contributed by atoms with Crippen LogP contribution in [0.5, 0.6) is 11.9 Å². The Bertz CT molecular complexity index is 1070.